The molecule has 0 radical (unpaired) electrons. The van der Waals surface area contributed by atoms with Crippen molar-refractivity contribution in [2.75, 3.05) is 5.73 Å². The molecule has 0 amide bonds. The van der Waals surface area contributed by atoms with Gasteiger partial charge < -0.3 is 10.5 Å². The number of nitrogens with two attached hydrogens (primary N) is 1. The van der Waals surface area contributed by atoms with Gasteiger partial charge in [0.05, 0.1) is 28.0 Å². The molecular weight excluding hydrogens is 318 g/mol. The second kappa shape index (κ2) is 5.90. The highest BCUT2D eigenvalue weighted by Gasteiger charge is 2.18. The van der Waals surface area contributed by atoms with Crippen LogP contribution < -0.4 is 5.73 Å². The number of nitrogen functional groups attached to an aromatic ring is 1. The molecule has 0 bridgehead atoms. The number of nitrogens with zero attached hydrogens (tertiary/aromatic N) is 1. The van der Waals surface area contributed by atoms with E-state index >= 15 is 0 Å². The fourth-order valence-corrected chi connectivity index (χ4v) is 1.92. The van der Waals surface area contributed by atoms with Gasteiger partial charge >= 0.3 is 6.61 Å². The van der Waals surface area contributed by atoms with Crippen molar-refractivity contribution in [1.82, 2.24) is 10.2 Å². The monoisotopic (exact) mass is 325 g/mol. The first-order valence-electron chi connectivity index (χ1n) is 5.27. The van der Waals surface area contributed by atoms with E-state index in [1.165, 1.54) is 6.07 Å². The lowest BCUT2D eigenvalue weighted by molar-refractivity contribution is -0.137. The van der Waals surface area contributed by atoms with Crippen LogP contribution in [-0.2, 0) is 11.3 Å². The number of rotatable bonds is 4. The van der Waals surface area contributed by atoms with E-state index in [1.54, 1.807) is 0 Å². The van der Waals surface area contributed by atoms with Crippen LogP contribution in [0.3, 0.4) is 0 Å². The molecule has 0 aliphatic heterocycles. The van der Waals surface area contributed by atoms with E-state index in [2.05, 4.69) is 14.9 Å². The summed E-state index contributed by atoms with van der Waals surface area (Å²) in [5.41, 5.74) is 5.88. The first-order chi connectivity index (χ1) is 9.40. The van der Waals surface area contributed by atoms with Crippen molar-refractivity contribution < 1.29 is 17.9 Å². The first-order valence-corrected chi connectivity index (χ1v) is 6.03. The van der Waals surface area contributed by atoms with Gasteiger partial charge in [0.1, 0.15) is 11.5 Å². The lowest BCUT2D eigenvalue weighted by Crippen LogP contribution is -1.99. The summed E-state index contributed by atoms with van der Waals surface area (Å²) in [6.45, 7) is -3.42. The summed E-state index contributed by atoms with van der Waals surface area (Å²) in [5, 5.41) is 6.22. The summed E-state index contributed by atoms with van der Waals surface area (Å²) in [6.07, 6.45) is 0. The van der Waals surface area contributed by atoms with E-state index in [1.807, 2.05) is 0 Å². The Labute approximate surface area is 121 Å². The van der Waals surface area contributed by atoms with Crippen molar-refractivity contribution in [1.29, 1.82) is 0 Å². The number of alkyl halides is 2. The summed E-state index contributed by atoms with van der Waals surface area (Å²) in [6, 6.07) is 2.28. The van der Waals surface area contributed by atoms with Gasteiger partial charge in [0.15, 0.2) is 0 Å². The van der Waals surface area contributed by atoms with Crippen molar-refractivity contribution >= 4 is 28.9 Å². The molecule has 9 heteroatoms. The minimum atomic E-state index is -2.94. The van der Waals surface area contributed by atoms with Gasteiger partial charge in [0.25, 0.3) is 0 Å². The Morgan fingerprint density at radius 1 is 1.35 bits per heavy atom. The fraction of sp³-hybridized carbons (Fsp3) is 0.182. The summed E-state index contributed by atoms with van der Waals surface area (Å²) in [4.78, 5) is 0. The molecule has 0 saturated carbocycles. The van der Waals surface area contributed by atoms with Crippen molar-refractivity contribution in [2.45, 2.75) is 13.2 Å². The minimum absolute atomic E-state index is 0.0106. The predicted molar refractivity (Wildman–Crippen MR) is 69.2 cm³/mol. The maximum Gasteiger partial charge on any atom is 0.345 e. The number of ether oxygens (including phenoxy) is 1. The predicted octanol–water partition coefficient (Wildman–Crippen LogP) is 3.84. The Hall–Kier alpha value is -1.44. The average molecular weight is 326 g/mol. The Morgan fingerprint density at radius 3 is 2.70 bits per heavy atom. The quantitative estimate of drug-likeness (QED) is 0.839. The Morgan fingerprint density at radius 2 is 2.05 bits per heavy atom. The molecule has 0 atom stereocenters. The van der Waals surface area contributed by atoms with Crippen LogP contribution in [0.1, 0.15) is 5.69 Å². The number of H-pyrrole nitrogens is 1. The smallest absolute Gasteiger partial charge is 0.345 e. The lowest BCUT2D eigenvalue weighted by atomic mass is 10.1. The minimum Gasteiger partial charge on any atom is -0.398 e. The van der Waals surface area contributed by atoms with E-state index < -0.39 is 19.0 Å². The number of hydrogen-bond donors (Lipinski definition) is 2. The molecule has 1 heterocycles. The SMILES string of the molecule is Nc1cc(-c2n[nH]c(COC(F)F)c2Cl)c(F)cc1Cl. The van der Waals surface area contributed by atoms with Gasteiger partial charge in [0, 0.05) is 5.56 Å². The molecule has 0 aliphatic carbocycles. The molecule has 0 spiro atoms. The van der Waals surface area contributed by atoms with E-state index in [9.17, 15) is 13.2 Å². The van der Waals surface area contributed by atoms with Crippen molar-refractivity contribution in [3.05, 3.63) is 33.7 Å². The zero-order valence-corrected chi connectivity index (χ0v) is 11.3. The maximum absolute atomic E-state index is 13.8. The number of aromatic nitrogens is 2. The second-order valence-corrected chi connectivity index (χ2v) is 4.58. The van der Waals surface area contributed by atoms with E-state index in [0.29, 0.717) is 0 Å². The molecule has 0 saturated heterocycles. The summed E-state index contributed by atoms with van der Waals surface area (Å²) >= 11 is 11.6. The fourth-order valence-electron chi connectivity index (χ4n) is 1.53. The zero-order chi connectivity index (χ0) is 14.9. The van der Waals surface area contributed by atoms with Crippen LogP contribution in [0.5, 0.6) is 0 Å². The highest BCUT2D eigenvalue weighted by Crippen LogP contribution is 2.34. The summed E-state index contributed by atoms with van der Waals surface area (Å²) in [7, 11) is 0. The Balaban J connectivity index is 2.37. The Kier molecular flexibility index (Phi) is 4.42. The zero-order valence-electron chi connectivity index (χ0n) is 9.76. The van der Waals surface area contributed by atoms with Gasteiger partial charge in [-0.3, -0.25) is 5.10 Å². The maximum atomic E-state index is 13.8. The summed E-state index contributed by atoms with van der Waals surface area (Å²) in [5.74, 6) is -0.682. The van der Waals surface area contributed by atoms with E-state index in [0.717, 1.165) is 6.07 Å². The topological polar surface area (TPSA) is 63.9 Å². The van der Waals surface area contributed by atoms with E-state index in [4.69, 9.17) is 28.9 Å². The van der Waals surface area contributed by atoms with Crippen LogP contribution in [0.4, 0.5) is 18.9 Å². The summed E-state index contributed by atoms with van der Waals surface area (Å²) < 4.78 is 41.8. The molecule has 0 fully saturated rings. The number of anilines is 1. The molecule has 108 valence electrons. The molecular formula is C11H8Cl2F3N3O. The van der Waals surface area contributed by atoms with Gasteiger partial charge in [-0.15, -0.1) is 0 Å². The van der Waals surface area contributed by atoms with Gasteiger partial charge in [-0.2, -0.15) is 13.9 Å². The van der Waals surface area contributed by atoms with Gasteiger partial charge in [-0.25, -0.2) is 4.39 Å². The van der Waals surface area contributed by atoms with Crippen LogP contribution >= 0.6 is 23.2 Å². The standard InChI is InChI=1S/C11H8Cl2F3N3O/c12-5-2-6(14)4(1-7(5)17)10-9(13)8(18-19-10)3-20-11(15)16/h1-2,11H,3,17H2,(H,18,19). The molecule has 0 unspecified atom stereocenters. The van der Waals surface area contributed by atoms with Crippen molar-refractivity contribution in [3.8, 4) is 11.3 Å². The lowest BCUT2D eigenvalue weighted by Gasteiger charge is -2.04. The molecule has 20 heavy (non-hydrogen) atoms. The van der Waals surface area contributed by atoms with Crippen molar-refractivity contribution in [3.63, 3.8) is 0 Å². The van der Waals surface area contributed by atoms with Crippen LogP contribution in [-0.4, -0.2) is 16.8 Å². The van der Waals surface area contributed by atoms with Gasteiger partial charge in [0.2, 0.25) is 0 Å². The third-order valence-electron chi connectivity index (χ3n) is 2.47. The molecule has 1 aromatic heterocycles. The van der Waals surface area contributed by atoms with Crippen LogP contribution in [0.25, 0.3) is 11.3 Å². The number of nitrogens with one attached hydrogen (secondary N) is 1. The largest absolute Gasteiger partial charge is 0.398 e. The Bertz CT molecular complexity index is 634. The third-order valence-corrected chi connectivity index (χ3v) is 3.21. The number of hydrogen-bond acceptors (Lipinski definition) is 3. The molecule has 2 aromatic rings. The molecule has 3 N–H and O–H groups in total. The highest BCUT2D eigenvalue weighted by molar-refractivity contribution is 6.34. The first kappa shape index (κ1) is 15.0. The third kappa shape index (κ3) is 3.00. The number of benzene rings is 1. The second-order valence-electron chi connectivity index (χ2n) is 3.79. The van der Waals surface area contributed by atoms with Crippen LogP contribution in [0.15, 0.2) is 12.1 Å². The molecule has 0 aliphatic rings. The van der Waals surface area contributed by atoms with Crippen molar-refractivity contribution in [2.24, 2.45) is 0 Å². The average Bonchev–Trinajstić information content (AvgIpc) is 2.73. The molecule has 2 rings (SSSR count). The highest BCUT2D eigenvalue weighted by atomic mass is 35.5. The van der Waals surface area contributed by atoms with E-state index in [-0.39, 0.29) is 32.7 Å². The molecule has 1 aromatic carbocycles. The number of aromatic amines is 1. The number of halogens is 5. The normalized spacial score (nSPS) is 11.3. The van der Waals surface area contributed by atoms with Gasteiger partial charge in [-0.1, -0.05) is 23.2 Å². The van der Waals surface area contributed by atoms with Crippen LogP contribution in [0.2, 0.25) is 10.0 Å². The van der Waals surface area contributed by atoms with Gasteiger partial charge in [-0.05, 0) is 12.1 Å². The molecule has 4 nitrogen and oxygen atoms in total. The van der Waals surface area contributed by atoms with Crippen LogP contribution in [0, 0.1) is 5.82 Å².